The zero-order valence-electron chi connectivity index (χ0n) is 21.9. The second-order valence-electron chi connectivity index (χ2n) is 10.6. The SMILES string of the molecule is COC(C)c1ccc(-c2n[nH]c3nc(N4CC[C@@H]5[C@H](C4)[C@@]5(CN)c4ccccc4F)cnc23)c2cccnc12. The van der Waals surface area contributed by atoms with E-state index in [4.69, 9.17) is 20.4 Å². The smallest absolute Gasteiger partial charge is 0.177 e. The zero-order chi connectivity index (χ0) is 26.7. The molecular formula is C30H30FN7O. The molecule has 2 aromatic carbocycles. The van der Waals surface area contributed by atoms with E-state index >= 15 is 0 Å². The average molecular weight is 524 g/mol. The predicted molar refractivity (Wildman–Crippen MR) is 149 cm³/mol. The van der Waals surface area contributed by atoms with Gasteiger partial charge in [-0.25, -0.2) is 14.4 Å². The number of ether oxygens (including phenoxy) is 1. The summed E-state index contributed by atoms with van der Waals surface area (Å²) in [6.45, 7) is 4.05. The number of fused-ring (bicyclic) bond motifs is 3. The first-order chi connectivity index (χ1) is 19.1. The number of nitrogens with zero attached hydrogens (tertiary/aromatic N) is 5. The van der Waals surface area contributed by atoms with Crippen molar-refractivity contribution in [2.75, 3.05) is 31.6 Å². The van der Waals surface area contributed by atoms with Crippen molar-refractivity contribution in [1.29, 1.82) is 0 Å². The van der Waals surface area contributed by atoms with Crippen LogP contribution in [-0.4, -0.2) is 51.9 Å². The first-order valence-electron chi connectivity index (χ1n) is 13.4. The summed E-state index contributed by atoms with van der Waals surface area (Å²) in [6, 6.07) is 15.1. The van der Waals surface area contributed by atoms with Gasteiger partial charge in [0.2, 0.25) is 0 Å². The standard InChI is InChI=1S/C30H30FN7O/c1-17(39-2)18-9-10-20(19-6-5-12-33-26(18)19)27-28-29(37-36-27)35-25(14-34-28)38-13-11-21-23(15-38)30(21,16-32)22-7-3-4-8-24(22)31/h3-10,12,14,17,21,23H,11,13,15-16,32H2,1-2H3,(H,35,36,37)/t17?,21-,23+,30-/m1/s1. The molecule has 9 heteroatoms. The summed E-state index contributed by atoms with van der Waals surface area (Å²) in [5.74, 6) is 1.30. The quantitative estimate of drug-likeness (QED) is 0.330. The normalized spacial score (nSPS) is 23.2. The number of aromatic amines is 1. The third-order valence-corrected chi connectivity index (χ3v) is 8.97. The van der Waals surface area contributed by atoms with E-state index < -0.39 is 0 Å². The van der Waals surface area contributed by atoms with Crippen LogP contribution >= 0.6 is 0 Å². The lowest BCUT2D eigenvalue weighted by Gasteiger charge is -2.26. The third-order valence-electron chi connectivity index (χ3n) is 8.97. The summed E-state index contributed by atoms with van der Waals surface area (Å²) >= 11 is 0. The zero-order valence-corrected chi connectivity index (χ0v) is 21.9. The van der Waals surface area contributed by atoms with Gasteiger partial charge in [-0.2, -0.15) is 5.10 Å². The second-order valence-corrected chi connectivity index (χ2v) is 10.6. The molecule has 1 saturated heterocycles. The van der Waals surface area contributed by atoms with Gasteiger partial charge in [-0.1, -0.05) is 36.4 Å². The highest BCUT2D eigenvalue weighted by molar-refractivity contribution is 6.01. The first-order valence-corrected chi connectivity index (χ1v) is 13.4. The van der Waals surface area contributed by atoms with Crippen molar-refractivity contribution in [2.45, 2.75) is 24.9 Å². The van der Waals surface area contributed by atoms with Crippen molar-refractivity contribution in [1.82, 2.24) is 25.1 Å². The van der Waals surface area contributed by atoms with Crippen LogP contribution in [0.1, 0.15) is 30.6 Å². The number of hydrogen-bond acceptors (Lipinski definition) is 7. The summed E-state index contributed by atoms with van der Waals surface area (Å²) < 4.78 is 20.3. The lowest BCUT2D eigenvalue weighted by molar-refractivity contribution is 0.120. The van der Waals surface area contributed by atoms with Crippen molar-refractivity contribution in [2.24, 2.45) is 17.6 Å². The monoisotopic (exact) mass is 523 g/mol. The number of piperidine rings is 1. The number of rotatable bonds is 6. The van der Waals surface area contributed by atoms with Crippen molar-refractivity contribution in [3.63, 3.8) is 0 Å². The minimum Gasteiger partial charge on any atom is -0.377 e. The lowest BCUT2D eigenvalue weighted by atomic mass is 9.91. The molecular weight excluding hydrogens is 493 g/mol. The molecule has 4 atom stereocenters. The van der Waals surface area contributed by atoms with Gasteiger partial charge in [-0.05, 0) is 42.9 Å². The summed E-state index contributed by atoms with van der Waals surface area (Å²) in [4.78, 5) is 16.6. The van der Waals surface area contributed by atoms with E-state index in [1.165, 1.54) is 6.07 Å². The van der Waals surface area contributed by atoms with Crippen LogP contribution in [-0.2, 0) is 10.2 Å². The van der Waals surface area contributed by atoms with Gasteiger partial charge in [-0.3, -0.25) is 10.1 Å². The Balaban J connectivity index is 1.21. The number of hydrogen-bond donors (Lipinski definition) is 2. The third kappa shape index (κ3) is 3.57. The number of aromatic nitrogens is 5. The van der Waals surface area contributed by atoms with Crippen molar-refractivity contribution in [3.05, 3.63) is 77.9 Å². The number of pyridine rings is 1. The fourth-order valence-corrected chi connectivity index (χ4v) is 6.82. The Bertz CT molecular complexity index is 1700. The Morgan fingerprint density at radius 2 is 2.00 bits per heavy atom. The Labute approximate surface area is 225 Å². The van der Waals surface area contributed by atoms with Crippen molar-refractivity contribution >= 4 is 27.9 Å². The number of benzene rings is 2. The minimum atomic E-state index is -0.305. The largest absolute Gasteiger partial charge is 0.377 e. The fourth-order valence-electron chi connectivity index (χ4n) is 6.82. The van der Waals surface area contributed by atoms with Crippen LogP contribution in [0.3, 0.4) is 0 Å². The summed E-state index contributed by atoms with van der Waals surface area (Å²) in [5, 5.41) is 8.70. The summed E-state index contributed by atoms with van der Waals surface area (Å²) in [5.41, 5.74) is 11.6. The first kappa shape index (κ1) is 24.1. The number of anilines is 1. The van der Waals surface area contributed by atoms with E-state index in [0.29, 0.717) is 23.6 Å². The van der Waals surface area contributed by atoms with E-state index in [-0.39, 0.29) is 23.3 Å². The molecule has 4 heterocycles. The highest BCUT2D eigenvalue weighted by Crippen LogP contribution is 2.63. The van der Waals surface area contributed by atoms with Crippen molar-refractivity contribution < 1.29 is 9.13 Å². The Kier molecular flexibility index (Phi) is 5.61. The van der Waals surface area contributed by atoms with Crippen LogP contribution in [0, 0.1) is 17.7 Å². The molecule has 0 amide bonds. The second kappa shape index (κ2) is 9.07. The number of methoxy groups -OCH3 is 1. The Morgan fingerprint density at radius 3 is 2.82 bits per heavy atom. The molecule has 2 aliphatic rings. The number of nitrogens with two attached hydrogens (primary N) is 1. The predicted octanol–water partition coefficient (Wildman–Crippen LogP) is 4.77. The highest BCUT2D eigenvalue weighted by Gasteiger charge is 2.66. The van der Waals surface area contributed by atoms with Gasteiger partial charge < -0.3 is 15.4 Å². The Hall–Kier alpha value is -3.95. The molecule has 0 radical (unpaired) electrons. The number of halogens is 1. The van der Waals surface area contributed by atoms with E-state index in [9.17, 15) is 4.39 Å². The molecule has 1 unspecified atom stereocenters. The topological polar surface area (TPSA) is 106 Å². The van der Waals surface area contributed by atoms with Crippen LogP contribution < -0.4 is 10.6 Å². The summed E-state index contributed by atoms with van der Waals surface area (Å²) in [7, 11) is 1.70. The molecule has 3 N–H and O–H groups in total. The van der Waals surface area contributed by atoms with Gasteiger partial charge >= 0.3 is 0 Å². The van der Waals surface area contributed by atoms with E-state index in [1.54, 1.807) is 19.4 Å². The van der Waals surface area contributed by atoms with Crippen molar-refractivity contribution in [3.8, 4) is 11.3 Å². The molecule has 8 nitrogen and oxygen atoms in total. The maximum Gasteiger partial charge on any atom is 0.177 e. The fraction of sp³-hybridized carbons (Fsp3) is 0.333. The molecule has 0 spiro atoms. The lowest BCUT2D eigenvalue weighted by Crippen LogP contribution is -2.32. The van der Waals surface area contributed by atoms with Crippen LogP contribution in [0.25, 0.3) is 33.3 Å². The molecule has 1 aliphatic carbocycles. The maximum absolute atomic E-state index is 14.8. The molecule has 39 heavy (non-hydrogen) atoms. The molecule has 0 bridgehead atoms. The van der Waals surface area contributed by atoms with Crippen LogP contribution in [0.2, 0.25) is 0 Å². The van der Waals surface area contributed by atoms with Gasteiger partial charge in [0.05, 0.1) is 17.8 Å². The molecule has 1 aliphatic heterocycles. The maximum atomic E-state index is 14.8. The van der Waals surface area contributed by atoms with Gasteiger partial charge in [0, 0.05) is 54.9 Å². The minimum absolute atomic E-state index is 0.0817. The molecule has 5 aromatic rings. The Morgan fingerprint density at radius 1 is 1.13 bits per heavy atom. The molecule has 3 aromatic heterocycles. The van der Waals surface area contributed by atoms with Crippen LogP contribution in [0.4, 0.5) is 10.2 Å². The number of nitrogens with one attached hydrogen (secondary N) is 1. The van der Waals surface area contributed by atoms with Gasteiger partial charge in [-0.15, -0.1) is 0 Å². The molecule has 198 valence electrons. The molecule has 7 rings (SSSR count). The van der Waals surface area contributed by atoms with Crippen LogP contribution in [0.15, 0.2) is 60.9 Å². The number of H-pyrrole nitrogens is 1. The van der Waals surface area contributed by atoms with Gasteiger partial charge in [0.1, 0.15) is 22.8 Å². The van der Waals surface area contributed by atoms with E-state index in [1.807, 2.05) is 49.5 Å². The molecule has 1 saturated carbocycles. The molecule has 2 fully saturated rings. The van der Waals surface area contributed by atoms with Crippen LogP contribution in [0.5, 0.6) is 0 Å². The average Bonchev–Trinajstić information content (AvgIpc) is 3.44. The van der Waals surface area contributed by atoms with E-state index in [0.717, 1.165) is 58.6 Å². The van der Waals surface area contributed by atoms with E-state index in [2.05, 4.69) is 20.1 Å². The van der Waals surface area contributed by atoms with Gasteiger partial charge in [0.15, 0.2) is 5.65 Å². The van der Waals surface area contributed by atoms with Gasteiger partial charge in [0.25, 0.3) is 0 Å². The summed E-state index contributed by atoms with van der Waals surface area (Å²) in [6.07, 6.45) is 4.47. The highest BCUT2D eigenvalue weighted by atomic mass is 19.1.